The molecule has 0 saturated heterocycles. The second-order valence-electron chi connectivity index (χ2n) is 13.3. The van der Waals surface area contributed by atoms with Gasteiger partial charge in [0.25, 0.3) is 0 Å². The summed E-state index contributed by atoms with van der Waals surface area (Å²) in [6.07, 6.45) is 30.5. The third kappa shape index (κ3) is 35.1. The molecule has 0 aromatic carbocycles. The van der Waals surface area contributed by atoms with Crippen molar-refractivity contribution in [2.45, 2.75) is 199 Å². The molecule has 0 aliphatic carbocycles. The number of carbonyl (C=O) groups excluding carboxylic acids is 1. The van der Waals surface area contributed by atoms with Crippen molar-refractivity contribution in [2.24, 2.45) is 0 Å². The number of aliphatic hydroxyl groups excluding tert-OH is 2. The first kappa shape index (κ1) is 46.5. The van der Waals surface area contributed by atoms with Crippen molar-refractivity contribution in [3.63, 3.8) is 0 Å². The summed E-state index contributed by atoms with van der Waals surface area (Å²) in [5.41, 5.74) is 0. The molecule has 0 amide bonds. The van der Waals surface area contributed by atoms with Gasteiger partial charge in [-0.15, -0.1) is 0 Å². The van der Waals surface area contributed by atoms with Gasteiger partial charge in [-0.1, -0.05) is 168 Å². The van der Waals surface area contributed by atoms with Crippen molar-refractivity contribution < 1.29 is 43.0 Å². The van der Waals surface area contributed by atoms with E-state index >= 15 is 0 Å². The molecule has 0 heterocycles. The van der Waals surface area contributed by atoms with Crippen LogP contribution in [0.15, 0.2) is 0 Å². The summed E-state index contributed by atoms with van der Waals surface area (Å²) in [4.78, 5) is 22.4. The molecule has 0 rings (SSSR count). The van der Waals surface area contributed by atoms with Crippen LogP contribution >= 0.6 is 7.82 Å². The third-order valence-electron chi connectivity index (χ3n) is 8.54. The van der Waals surface area contributed by atoms with Gasteiger partial charge in [0.2, 0.25) is 0 Å². The van der Waals surface area contributed by atoms with Gasteiger partial charge in [0.15, 0.2) is 0 Å². The Kier molecular flexibility index (Phi) is 34.9. The molecule has 0 radical (unpaired) electrons. The predicted molar refractivity (Wildman–Crippen MR) is 192 cm³/mol. The maximum atomic E-state index is 12.5. The van der Waals surface area contributed by atoms with Crippen LogP contribution in [0.4, 0.5) is 0 Å². The first-order chi connectivity index (χ1) is 22.8. The van der Waals surface area contributed by atoms with Crippen LogP contribution in [-0.2, 0) is 27.9 Å². The summed E-state index contributed by atoms with van der Waals surface area (Å²) in [5.74, 6) is -0.379. The lowest BCUT2D eigenvalue weighted by molar-refractivity contribution is -0.154. The van der Waals surface area contributed by atoms with Crippen LogP contribution in [0.2, 0.25) is 0 Å². The minimum atomic E-state index is -4.50. The van der Waals surface area contributed by atoms with Gasteiger partial charge in [-0.25, -0.2) is 4.57 Å². The van der Waals surface area contributed by atoms with E-state index in [0.29, 0.717) is 6.61 Å². The number of hydrogen-bond donors (Lipinski definition) is 3. The molecule has 0 aliphatic rings. The van der Waals surface area contributed by atoms with E-state index in [-0.39, 0.29) is 25.6 Å². The second kappa shape index (κ2) is 35.3. The van der Waals surface area contributed by atoms with E-state index in [4.69, 9.17) is 23.6 Å². The summed E-state index contributed by atoms with van der Waals surface area (Å²) in [7, 11) is -4.50. The highest BCUT2D eigenvalue weighted by Crippen LogP contribution is 2.43. The maximum Gasteiger partial charge on any atom is 0.472 e. The molecule has 3 N–H and O–H groups in total. The molecule has 0 fully saturated rings. The van der Waals surface area contributed by atoms with Gasteiger partial charge in [-0.2, -0.15) is 0 Å². The lowest BCUT2D eigenvalue weighted by atomic mass is 10.0. The number of hydrogen-bond acceptors (Lipinski definition) is 8. The van der Waals surface area contributed by atoms with Gasteiger partial charge in [0.1, 0.15) is 12.2 Å². The zero-order valence-corrected chi connectivity index (χ0v) is 31.4. The van der Waals surface area contributed by atoms with Crippen LogP contribution in [-0.4, -0.2) is 66.3 Å². The minimum Gasteiger partial charge on any atom is -0.457 e. The molecule has 0 aliphatic heterocycles. The van der Waals surface area contributed by atoms with Crippen molar-refractivity contribution in [2.75, 3.05) is 33.0 Å². The van der Waals surface area contributed by atoms with Crippen LogP contribution in [0.3, 0.4) is 0 Å². The normalized spacial score (nSPS) is 14.2. The van der Waals surface area contributed by atoms with Crippen LogP contribution in [0.25, 0.3) is 0 Å². The summed E-state index contributed by atoms with van der Waals surface area (Å²) in [6, 6.07) is 0. The average molecular weight is 695 g/mol. The summed E-state index contributed by atoms with van der Waals surface area (Å²) < 4.78 is 33.2. The van der Waals surface area contributed by atoms with E-state index < -0.39 is 33.2 Å². The highest BCUT2D eigenvalue weighted by molar-refractivity contribution is 7.47. The van der Waals surface area contributed by atoms with Gasteiger partial charge in [0, 0.05) is 13.0 Å². The Labute approximate surface area is 288 Å². The fraction of sp³-hybridized carbons (Fsp3) is 0.973. The molecule has 9 nitrogen and oxygen atoms in total. The molecule has 47 heavy (non-hydrogen) atoms. The fourth-order valence-corrected chi connectivity index (χ4v) is 6.32. The highest BCUT2D eigenvalue weighted by atomic mass is 31.2. The smallest absolute Gasteiger partial charge is 0.457 e. The van der Waals surface area contributed by atoms with E-state index in [9.17, 15) is 19.4 Å². The Bertz CT molecular complexity index is 709. The van der Waals surface area contributed by atoms with Gasteiger partial charge >= 0.3 is 13.8 Å². The number of aliphatic hydroxyl groups is 2. The number of unbranched alkanes of at least 4 members (excludes halogenated alkanes) is 24. The van der Waals surface area contributed by atoms with Gasteiger partial charge in [0.05, 0.1) is 26.4 Å². The summed E-state index contributed by atoms with van der Waals surface area (Å²) >= 11 is 0. The SMILES string of the molecule is CCCCCCCCCCCCCCCCOC[C@H](COP(=O)(O)OC[C@@H](O)CO)OC(=O)CCCCCCCCCCCCCC. The van der Waals surface area contributed by atoms with Crippen LogP contribution in [0.1, 0.15) is 187 Å². The van der Waals surface area contributed by atoms with E-state index in [2.05, 4.69) is 13.8 Å². The standard InChI is InChI=1S/C37H75O9P/c1-3-5-7-9-11-13-15-17-18-20-22-24-26-28-30-43-33-36(34-45-47(41,42)44-32-35(39)31-38)46-37(40)29-27-25-23-21-19-16-14-12-10-8-6-4-2/h35-36,38-39H,3-34H2,1-2H3,(H,41,42)/t35-,36+/m0/s1. The molecule has 282 valence electrons. The molecule has 0 saturated carbocycles. The number of ether oxygens (including phenoxy) is 2. The largest absolute Gasteiger partial charge is 0.472 e. The van der Waals surface area contributed by atoms with Crippen LogP contribution in [0, 0.1) is 0 Å². The monoisotopic (exact) mass is 695 g/mol. The minimum absolute atomic E-state index is 0.0574. The molecule has 0 spiro atoms. The number of phosphoric ester groups is 1. The summed E-state index contributed by atoms with van der Waals surface area (Å²) in [6.45, 7) is 3.54. The van der Waals surface area contributed by atoms with Crippen molar-refractivity contribution >= 4 is 13.8 Å². The van der Waals surface area contributed by atoms with Crippen molar-refractivity contribution in [3.8, 4) is 0 Å². The van der Waals surface area contributed by atoms with Crippen LogP contribution < -0.4 is 0 Å². The molecular formula is C37H75O9P. The quantitative estimate of drug-likeness (QED) is 0.0328. The van der Waals surface area contributed by atoms with E-state index in [1.165, 1.54) is 135 Å². The first-order valence-corrected chi connectivity index (χ1v) is 21.0. The van der Waals surface area contributed by atoms with Crippen molar-refractivity contribution in [3.05, 3.63) is 0 Å². The van der Waals surface area contributed by atoms with Gasteiger partial charge in [-0.05, 0) is 12.8 Å². The predicted octanol–water partition coefficient (Wildman–Crippen LogP) is 9.97. The Morgan fingerprint density at radius 1 is 0.574 bits per heavy atom. The van der Waals surface area contributed by atoms with E-state index in [1.807, 2.05) is 0 Å². The number of phosphoric acid groups is 1. The molecule has 0 aromatic rings. The maximum absolute atomic E-state index is 12.5. The molecular weight excluding hydrogens is 619 g/mol. The number of esters is 1. The lowest BCUT2D eigenvalue weighted by Gasteiger charge is -2.20. The summed E-state index contributed by atoms with van der Waals surface area (Å²) in [5, 5.41) is 18.3. The molecule has 0 aromatic heterocycles. The van der Waals surface area contributed by atoms with Crippen molar-refractivity contribution in [1.82, 2.24) is 0 Å². The van der Waals surface area contributed by atoms with E-state index in [1.54, 1.807) is 0 Å². The van der Waals surface area contributed by atoms with Crippen molar-refractivity contribution in [1.29, 1.82) is 0 Å². The number of rotatable bonds is 38. The molecule has 10 heteroatoms. The van der Waals surface area contributed by atoms with E-state index in [0.717, 1.165) is 32.1 Å². The van der Waals surface area contributed by atoms with Crippen LogP contribution in [0.5, 0.6) is 0 Å². The number of carbonyl (C=O) groups is 1. The molecule has 3 atom stereocenters. The third-order valence-corrected chi connectivity index (χ3v) is 9.49. The van der Waals surface area contributed by atoms with Gasteiger partial charge in [-0.3, -0.25) is 13.8 Å². The lowest BCUT2D eigenvalue weighted by Crippen LogP contribution is -2.29. The zero-order chi connectivity index (χ0) is 34.7. The fourth-order valence-electron chi connectivity index (χ4n) is 5.53. The molecule has 1 unspecified atom stereocenters. The average Bonchev–Trinajstić information content (AvgIpc) is 3.06. The Morgan fingerprint density at radius 3 is 1.38 bits per heavy atom. The first-order valence-electron chi connectivity index (χ1n) is 19.5. The topological polar surface area (TPSA) is 132 Å². The van der Waals surface area contributed by atoms with Gasteiger partial charge < -0.3 is 24.6 Å². The Balaban J connectivity index is 4.18. The Morgan fingerprint density at radius 2 is 0.957 bits per heavy atom. The Hall–Kier alpha value is -0.540. The second-order valence-corrected chi connectivity index (χ2v) is 14.8. The zero-order valence-electron chi connectivity index (χ0n) is 30.5. The highest BCUT2D eigenvalue weighted by Gasteiger charge is 2.26. The molecule has 0 bridgehead atoms.